The number of para-hydroxylation sites is 1. The molecule has 140 valence electrons. The number of nitrogens with one attached hydrogen (secondary N) is 1. The first kappa shape index (κ1) is 18.9. The maximum Gasteiger partial charge on any atom is 0.264 e. The van der Waals surface area contributed by atoms with Gasteiger partial charge in [-0.05, 0) is 60.7 Å². The lowest BCUT2D eigenvalue weighted by molar-refractivity contribution is -0.115. The van der Waals surface area contributed by atoms with E-state index in [2.05, 4.69) is 27.9 Å². The second kappa shape index (κ2) is 7.87. The van der Waals surface area contributed by atoms with Crippen LogP contribution < -0.4 is 5.32 Å². The molecular formula is C21H15Cl2N3OS. The number of hydrogen-bond acceptors (Lipinski definition) is 3. The number of aromatic nitrogens is 1. The van der Waals surface area contributed by atoms with Crippen LogP contribution in [-0.2, 0) is 4.79 Å². The van der Waals surface area contributed by atoms with Crippen LogP contribution in [0.2, 0.25) is 10.0 Å². The summed E-state index contributed by atoms with van der Waals surface area (Å²) in [4.78, 5) is 17.4. The molecule has 0 aliphatic carbocycles. The summed E-state index contributed by atoms with van der Waals surface area (Å²) in [6.07, 6.45) is 3.83. The number of benzene rings is 2. The summed E-state index contributed by atoms with van der Waals surface area (Å²) in [5.74, 6) is -0.195. The third-order valence-corrected chi connectivity index (χ3v) is 5.96. The summed E-state index contributed by atoms with van der Waals surface area (Å²) < 4.78 is 2.05. The molecular weight excluding hydrogens is 413 g/mol. The van der Waals surface area contributed by atoms with Crippen molar-refractivity contribution in [2.75, 3.05) is 0 Å². The first-order chi connectivity index (χ1) is 13.5. The van der Waals surface area contributed by atoms with Crippen LogP contribution in [0.25, 0.3) is 11.8 Å². The van der Waals surface area contributed by atoms with Gasteiger partial charge in [0.2, 0.25) is 0 Å². The number of aliphatic imine (C=N–C) groups is 1. The monoisotopic (exact) mass is 427 g/mol. The maximum absolute atomic E-state index is 12.4. The molecule has 1 amide bonds. The van der Waals surface area contributed by atoms with Gasteiger partial charge in [0, 0.05) is 17.6 Å². The Balaban J connectivity index is 1.65. The van der Waals surface area contributed by atoms with Crippen LogP contribution in [0.5, 0.6) is 0 Å². The van der Waals surface area contributed by atoms with Crippen LogP contribution in [0.4, 0.5) is 5.69 Å². The van der Waals surface area contributed by atoms with Crippen molar-refractivity contribution in [1.82, 2.24) is 9.88 Å². The molecule has 1 N–H and O–H groups in total. The van der Waals surface area contributed by atoms with Gasteiger partial charge in [-0.2, -0.15) is 0 Å². The number of amides is 1. The number of thioether (sulfide) groups is 1. The van der Waals surface area contributed by atoms with Gasteiger partial charge in [-0.1, -0.05) is 47.5 Å². The van der Waals surface area contributed by atoms with E-state index in [0.717, 1.165) is 16.9 Å². The van der Waals surface area contributed by atoms with Crippen LogP contribution in [-0.4, -0.2) is 15.6 Å². The predicted molar refractivity (Wildman–Crippen MR) is 118 cm³/mol. The van der Waals surface area contributed by atoms with E-state index in [4.69, 9.17) is 23.2 Å². The van der Waals surface area contributed by atoms with Crippen molar-refractivity contribution in [3.8, 4) is 5.69 Å². The van der Waals surface area contributed by atoms with E-state index in [9.17, 15) is 4.79 Å². The summed E-state index contributed by atoms with van der Waals surface area (Å²) >= 11 is 13.5. The van der Waals surface area contributed by atoms with E-state index in [1.807, 2.05) is 42.6 Å². The number of amidine groups is 1. The highest BCUT2D eigenvalue weighted by molar-refractivity contribution is 8.18. The van der Waals surface area contributed by atoms with Crippen LogP contribution >= 0.6 is 35.0 Å². The molecule has 2 heterocycles. The molecule has 0 bridgehead atoms. The third-order valence-electron chi connectivity index (χ3n) is 4.24. The molecule has 4 rings (SSSR count). The Bertz CT molecular complexity index is 1130. The van der Waals surface area contributed by atoms with Crippen molar-refractivity contribution >= 4 is 57.8 Å². The second-order valence-electron chi connectivity index (χ2n) is 6.14. The lowest BCUT2D eigenvalue weighted by atomic mass is 10.2. The molecule has 0 radical (unpaired) electrons. The van der Waals surface area contributed by atoms with Crippen molar-refractivity contribution in [3.63, 3.8) is 0 Å². The summed E-state index contributed by atoms with van der Waals surface area (Å²) in [7, 11) is 0. The minimum Gasteiger partial charge on any atom is -0.317 e. The number of nitrogens with zero attached hydrogens (tertiary/aromatic N) is 2. The van der Waals surface area contributed by atoms with Crippen molar-refractivity contribution in [3.05, 3.63) is 87.0 Å². The molecule has 1 aromatic heterocycles. The molecule has 3 aromatic rings. The molecule has 7 heteroatoms. The molecule has 1 aliphatic rings. The van der Waals surface area contributed by atoms with E-state index in [0.29, 0.717) is 25.8 Å². The number of aryl methyl sites for hydroxylation is 1. The number of rotatable bonds is 3. The fraction of sp³-hybridized carbons (Fsp3) is 0.0476. The van der Waals surface area contributed by atoms with Gasteiger partial charge in [-0.3, -0.25) is 4.79 Å². The zero-order valence-electron chi connectivity index (χ0n) is 14.8. The molecule has 0 atom stereocenters. The zero-order valence-corrected chi connectivity index (χ0v) is 17.1. The van der Waals surface area contributed by atoms with Crippen LogP contribution in [0, 0.1) is 6.92 Å². The second-order valence-corrected chi connectivity index (χ2v) is 7.96. The Morgan fingerprint density at radius 3 is 2.71 bits per heavy atom. The molecule has 2 aromatic carbocycles. The molecule has 1 fully saturated rings. The van der Waals surface area contributed by atoms with Gasteiger partial charge in [0.25, 0.3) is 5.91 Å². The fourth-order valence-corrected chi connectivity index (χ4v) is 4.03. The normalized spacial score (nSPS) is 16.8. The minimum absolute atomic E-state index is 0.195. The summed E-state index contributed by atoms with van der Waals surface area (Å²) in [5.41, 5.74) is 3.65. The van der Waals surface area contributed by atoms with Gasteiger partial charge < -0.3 is 9.88 Å². The van der Waals surface area contributed by atoms with Gasteiger partial charge in [-0.25, -0.2) is 4.99 Å². The Hall–Kier alpha value is -2.47. The fourth-order valence-electron chi connectivity index (χ4n) is 2.87. The van der Waals surface area contributed by atoms with Crippen LogP contribution in [0.15, 0.2) is 70.7 Å². The van der Waals surface area contributed by atoms with Gasteiger partial charge in [-0.15, -0.1) is 0 Å². The SMILES string of the molecule is Cc1ccccc1-n1cccc1/C=C1/SC(=Nc2cccc(Cl)c2Cl)NC1=O. The average Bonchev–Trinajstić information content (AvgIpc) is 3.26. The molecule has 0 spiro atoms. The summed E-state index contributed by atoms with van der Waals surface area (Å²) in [5, 5.41) is 4.02. The van der Waals surface area contributed by atoms with E-state index in [-0.39, 0.29) is 5.91 Å². The highest BCUT2D eigenvalue weighted by atomic mass is 35.5. The third kappa shape index (κ3) is 3.74. The van der Waals surface area contributed by atoms with E-state index >= 15 is 0 Å². The summed E-state index contributed by atoms with van der Waals surface area (Å²) in [6, 6.07) is 17.2. The van der Waals surface area contributed by atoms with Crippen molar-refractivity contribution in [2.24, 2.45) is 4.99 Å². The lowest BCUT2D eigenvalue weighted by Gasteiger charge is -2.09. The van der Waals surface area contributed by atoms with Crippen molar-refractivity contribution < 1.29 is 4.79 Å². The Labute approximate surface area is 176 Å². The smallest absolute Gasteiger partial charge is 0.264 e. The maximum atomic E-state index is 12.4. The van der Waals surface area contributed by atoms with Gasteiger partial charge in [0.15, 0.2) is 5.17 Å². The van der Waals surface area contributed by atoms with E-state index in [1.54, 1.807) is 18.2 Å². The van der Waals surface area contributed by atoms with E-state index in [1.165, 1.54) is 11.8 Å². The molecule has 0 unspecified atom stereocenters. The first-order valence-electron chi connectivity index (χ1n) is 8.50. The van der Waals surface area contributed by atoms with Crippen molar-refractivity contribution in [1.29, 1.82) is 0 Å². The number of carbonyl (C=O) groups excluding carboxylic acids is 1. The predicted octanol–water partition coefficient (Wildman–Crippen LogP) is 5.98. The highest BCUT2D eigenvalue weighted by Gasteiger charge is 2.24. The Morgan fingerprint density at radius 1 is 1.07 bits per heavy atom. The molecule has 1 aliphatic heterocycles. The first-order valence-corrected chi connectivity index (χ1v) is 10.1. The zero-order chi connectivity index (χ0) is 19.7. The van der Waals surface area contributed by atoms with Gasteiger partial charge in [0.05, 0.1) is 20.6 Å². The lowest BCUT2D eigenvalue weighted by Crippen LogP contribution is -2.19. The highest BCUT2D eigenvalue weighted by Crippen LogP contribution is 2.34. The topological polar surface area (TPSA) is 46.4 Å². The van der Waals surface area contributed by atoms with E-state index < -0.39 is 0 Å². The standard InChI is InChI=1S/C21H15Cl2N3OS/c1-13-6-2-3-10-17(13)26-11-5-7-14(26)12-18-20(27)25-21(28-18)24-16-9-4-8-15(22)19(16)23/h2-12H,1H3,(H,24,25,27)/b18-12+. The minimum atomic E-state index is -0.195. The summed E-state index contributed by atoms with van der Waals surface area (Å²) in [6.45, 7) is 2.06. The molecule has 28 heavy (non-hydrogen) atoms. The number of carbonyl (C=O) groups is 1. The largest absolute Gasteiger partial charge is 0.317 e. The van der Waals surface area contributed by atoms with Crippen molar-refractivity contribution in [2.45, 2.75) is 6.92 Å². The van der Waals surface area contributed by atoms with Gasteiger partial charge in [0.1, 0.15) is 0 Å². The quantitative estimate of drug-likeness (QED) is 0.522. The number of hydrogen-bond donors (Lipinski definition) is 1. The van der Waals surface area contributed by atoms with Crippen LogP contribution in [0.1, 0.15) is 11.3 Å². The molecule has 0 saturated carbocycles. The van der Waals surface area contributed by atoms with Gasteiger partial charge >= 0.3 is 0 Å². The number of halogens is 2. The molecule has 1 saturated heterocycles. The molecule has 4 nitrogen and oxygen atoms in total. The Kier molecular flexibility index (Phi) is 5.31. The van der Waals surface area contributed by atoms with Crippen LogP contribution in [0.3, 0.4) is 0 Å². The Morgan fingerprint density at radius 2 is 1.89 bits per heavy atom. The average molecular weight is 428 g/mol.